The number of rotatable bonds is 2. The van der Waals surface area contributed by atoms with Crippen molar-refractivity contribution < 1.29 is 14.7 Å². The van der Waals surface area contributed by atoms with Crippen LogP contribution in [0.4, 0.5) is 0 Å². The van der Waals surface area contributed by atoms with E-state index in [1.54, 1.807) is 12.1 Å². The summed E-state index contributed by atoms with van der Waals surface area (Å²) in [6.45, 7) is 2.37. The average molecular weight is 341 g/mol. The van der Waals surface area contributed by atoms with Crippen LogP contribution in [0.15, 0.2) is 22.7 Å². The number of primary amides is 1. The zero-order valence-electron chi connectivity index (χ0n) is 11.2. The maximum atomic E-state index is 12.4. The number of hydrogen-bond donors (Lipinski definition) is 2. The lowest BCUT2D eigenvalue weighted by Crippen LogP contribution is -2.57. The fourth-order valence-electron chi connectivity index (χ4n) is 2.37. The van der Waals surface area contributed by atoms with Gasteiger partial charge >= 0.3 is 0 Å². The third-order valence-electron chi connectivity index (χ3n) is 3.62. The predicted molar refractivity (Wildman–Crippen MR) is 78.2 cm³/mol. The van der Waals surface area contributed by atoms with Gasteiger partial charge in [0.15, 0.2) is 5.60 Å². The van der Waals surface area contributed by atoms with Gasteiger partial charge in [0.25, 0.3) is 11.8 Å². The Morgan fingerprint density at radius 3 is 2.75 bits per heavy atom. The molecule has 1 saturated heterocycles. The molecular weight excluding hydrogens is 324 g/mol. The van der Waals surface area contributed by atoms with Crippen molar-refractivity contribution >= 4 is 27.7 Å². The lowest BCUT2D eigenvalue weighted by Gasteiger charge is -2.37. The molecule has 0 unspecified atom stereocenters. The molecule has 1 fully saturated rings. The van der Waals surface area contributed by atoms with Crippen molar-refractivity contribution in [1.29, 1.82) is 0 Å². The zero-order valence-corrected chi connectivity index (χ0v) is 12.8. The second-order valence-electron chi connectivity index (χ2n) is 5.19. The fourth-order valence-corrected chi connectivity index (χ4v) is 2.62. The van der Waals surface area contributed by atoms with Crippen LogP contribution in [0, 0.1) is 6.92 Å². The Morgan fingerprint density at radius 2 is 2.15 bits per heavy atom. The van der Waals surface area contributed by atoms with E-state index >= 15 is 0 Å². The maximum Gasteiger partial charge on any atom is 0.253 e. The van der Waals surface area contributed by atoms with E-state index in [9.17, 15) is 14.7 Å². The van der Waals surface area contributed by atoms with Crippen LogP contribution in [-0.4, -0.2) is 40.5 Å². The van der Waals surface area contributed by atoms with E-state index in [0.717, 1.165) is 10.0 Å². The van der Waals surface area contributed by atoms with E-state index < -0.39 is 11.5 Å². The first-order valence-corrected chi connectivity index (χ1v) is 7.20. The van der Waals surface area contributed by atoms with Gasteiger partial charge in [-0.1, -0.05) is 15.9 Å². The molecule has 108 valence electrons. The predicted octanol–water partition coefficient (Wildman–Crippen LogP) is 1.21. The number of carbonyl (C=O) groups excluding carboxylic acids is 2. The minimum absolute atomic E-state index is 0.0454. The van der Waals surface area contributed by atoms with Gasteiger partial charge in [-0.25, -0.2) is 0 Å². The van der Waals surface area contributed by atoms with Crippen LogP contribution >= 0.6 is 15.9 Å². The highest BCUT2D eigenvalue weighted by molar-refractivity contribution is 9.10. The Hall–Kier alpha value is -1.40. The highest BCUT2D eigenvalue weighted by Gasteiger charge is 2.40. The summed E-state index contributed by atoms with van der Waals surface area (Å²) in [7, 11) is 0. The summed E-state index contributed by atoms with van der Waals surface area (Å²) in [6.07, 6.45) is 0.853. The van der Waals surface area contributed by atoms with Crippen LogP contribution < -0.4 is 5.73 Å². The van der Waals surface area contributed by atoms with Gasteiger partial charge in [0.05, 0.1) is 6.54 Å². The third-order valence-corrected chi connectivity index (χ3v) is 4.51. The molecule has 0 aliphatic carbocycles. The number of hydrogen-bond acceptors (Lipinski definition) is 3. The molecule has 0 bridgehead atoms. The standard InChI is InChI=1S/C14H17BrN2O3/c1-9-7-10(3-4-11(9)15)12(18)17-6-2-5-14(20,8-17)13(16)19/h3-4,7,20H,2,5-6,8H2,1H3,(H2,16,19)/t14-/m1/s1. The molecule has 2 amide bonds. The molecule has 1 heterocycles. The van der Waals surface area contributed by atoms with Crippen LogP contribution in [0.25, 0.3) is 0 Å². The van der Waals surface area contributed by atoms with Crippen molar-refractivity contribution in [2.45, 2.75) is 25.4 Å². The number of carbonyl (C=O) groups is 2. The summed E-state index contributed by atoms with van der Waals surface area (Å²) in [5.74, 6) is -0.970. The smallest absolute Gasteiger partial charge is 0.253 e. The third kappa shape index (κ3) is 2.86. The molecule has 0 radical (unpaired) electrons. The van der Waals surface area contributed by atoms with E-state index in [2.05, 4.69) is 15.9 Å². The molecule has 6 heteroatoms. The number of β-amino-alcohol motifs (C(OH)–C–C–N with tert-alkyl or cyclic N) is 1. The van der Waals surface area contributed by atoms with Crippen LogP contribution in [-0.2, 0) is 4.79 Å². The van der Waals surface area contributed by atoms with Crippen LogP contribution in [0.5, 0.6) is 0 Å². The summed E-state index contributed by atoms with van der Waals surface area (Å²) in [5.41, 5.74) is 5.10. The SMILES string of the molecule is Cc1cc(C(=O)N2CCC[C@](O)(C(N)=O)C2)ccc1Br. The van der Waals surface area contributed by atoms with Crippen molar-refractivity contribution in [3.63, 3.8) is 0 Å². The Balaban J connectivity index is 2.20. The number of piperidine rings is 1. The van der Waals surface area contributed by atoms with Crippen molar-refractivity contribution in [3.8, 4) is 0 Å². The van der Waals surface area contributed by atoms with Gasteiger partial charge in [0.1, 0.15) is 0 Å². The van der Waals surface area contributed by atoms with Gasteiger partial charge in [0, 0.05) is 16.6 Å². The van der Waals surface area contributed by atoms with Crippen molar-refractivity contribution in [3.05, 3.63) is 33.8 Å². The molecular formula is C14H17BrN2O3. The summed E-state index contributed by atoms with van der Waals surface area (Å²) in [5, 5.41) is 10.1. The second kappa shape index (κ2) is 5.54. The number of halogens is 1. The van der Waals surface area contributed by atoms with E-state index in [1.807, 2.05) is 13.0 Å². The first-order chi connectivity index (χ1) is 9.33. The van der Waals surface area contributed by atoms with Gasteiger partial charge in [-0.15, -0.1) is 0 Å². The Bertz CT molecular complexity index is 561. The lowest BCUT2D eigenvalue weighted by molar-refractivity contribution is -0.140. The first-order valence-electron chi connectivity index (χ1n) is 6.41. The molecule has 20 heavy (non-hydrogen) atoms. The lowest BCUT2D eigenvalue weighted by atomic mass is 9.91. The van der Waals surface area contributed by atoms with Crippen LogP contribution in [0.2, 0.25) is 0 Å². The number of aliphatic hydroxyl groups is 1. The first kappa shape index (κ1) is 15.0. The number of benzene rings is 1. The molecule has 1 atom stereocenters. The van der Waals surface area contributed by atoms with E-state index in [4.69, 9.17) is 5.73 Å². The quantitative estimate of drug-likeness (QED) is 0.848. The van der Waals surface area contributed by atoms with Gasteiger partial charge in [-0.2, -0.15) is 0 Å². The molecule has 1 aromatic rings. The van der Waals surface area contributed by atoms with E-state index in [0.29, 0.717) is 24.9 Å². The fraction of sp³-hybridized carbons (Fsp3) is 0.429. The highest BCUT2D eigenvalue weighted by atomic mass is 79.9. The normalized spacial score (nSPS) is 22.6. The minimum atomic E-state index is -1.61. The topological polar surface area (TPSA) is 83.6 Å². The second-order valence-corrected chi connectivity index (χ2v) is 6.04. The van der Waals surface area contributed by atoms with Crippen LogP contribution in [0.1, 0.15) is 28.8 Å². The summed E-state index contributed by atoms with van der Waals surface area (Å²) in [6, 6.07) is 5.31. The van der Waals surface area contributed by atoms with Gasteiger partial charge < -0.3 is 15.7 Å². The summed E-state index contributed by atoms with van der Waals surface area (Å²) >= 11 is 3.39. The molecule has 0 saturated carbocycles. The number of nitrogens with zero attached hydrogens (tertiary/aromatic N) is 1. The number of likely N-dealkylation sites (tertiary alicyclic amines) is 1. The molecule has 3 N–H and O–H groups in total. The van der Waals surface area contributed by atoms with Gasteiger partial charge in [-0.05, 0) is 43.5 Å². The Kier molecular flexibility index (Phi) is 4.15. The molecule has 1 aliphatic heterocycles. The van der Waals surface area contributed by atoms with E-state index in [1.165, 1.54) is 4.90 Å². The minimum Gasteiger partial charge on any atom is -0.378 e. The Morgan fingerprint density at radius 1 is 1.45 bits per heavy atom. The summed E-state index contributed by atoms with van der Waals surface area (Å²) < 4.78 is 0.932. The molecule has 0 spiro atoms. The molecule has 1 aromatic carbocycles. The molecule has 5 nitrogen and oxygen atoms in total. The van der Waals surface area contributed by atoms with Crippen LogP contribution in [0.3, 0.4) is 0 Å². The number of aryl methyl sites for hydroxylation is 1. The van der Waals surface area contributed by atoms with Gasteiger partial charge in [0.2, 0.25) is 0 Å². The largest absolute Gasteiger partial charge is 0.378 e. The van der Waals surface area contributed by atoms with Crippen molar-refractivity contribution in [2.75, 3.05) is 13.1 Å². The van der Waals surface area contributed by atoms with E-state index in [-0.39, 0.29) is 12.5 Å². The number of amides is 2. The molecule has 2 rings (SSSR count). The Labute approximate surface area is 125 Å². The monoisotopic (exact) mass is 340 g/mol. The summed E-state index contributed by atoms with van der Waals surface area (Å²) in [4.78, 5) is 25.2. The number of nitrogens with two attached hydrogens (primary N) is 1. The molecule has 1 aliphatic rings. The van der Waals surface area contributed by atoms with Crippen molar-refractivity contribution in [2.24, 2.45) is 5.73 Å². The highest BCUT2D eigenvalue weighted by Crippen LogP contribution is 2.24. The van der Waals surface area contributed by atoms with Crippen molar-refractivity contribution in [1.82, 2.24) is 4.90 Å². The molecule has 0 aromatic heterocycles. The zero-order chi connectivity index (χ0) is 14.9. The van der Waals surface area contributed by atoms with Gasteiger partial charge in [-0.3, -0.25) is 9.59 Å². The maximum absolute atomic E-state index is 12.4. The average Bonchev–Trinajstić information content (AvgIpc) is 2.41.